The zero-order chi connectivity index (χ0) is 11.0. The first-order valence-electron chi connectivity index (χ1n) is 5.80. The molecule has 84 valence electrons. The summed E-state index contributed by atoms with van der Waals surface area (Å²) in [5.41, 5.74) is 2.02. The maximum absolute atomic E-state index is 13.7. The third kappa shape index (κ3) is 1.61. The lowest BCUT2D eigenvalue weighted by molar-refractivity contribution is 0.579. The second-order valence-electron chi connectivity index (χ2n) is 4.54. The van der Waals surface area contributed by atoms with Crippen LogP contribution in [0.2, 0.25) is 0 Å². The molecule has 1 fully saturated rings. The molecule has 1 aliphatic heterocycles. The van der Waals surface area contributed by atoms with Crippen LogP contribution in [-0.4, -0.2) is 18.1 Å². The number of rotatable bonds is 2. The summed E-state index contributed by atoms with van der Waals surface area (Å²) in [5.74, 6) is 0.540. The van der Waals surface area contributed by atoms with E-state index in [0.717, 1.165) is 36.0 Å². The molecule has 3 heteroatoms. The fourth-order valence-electron chi connectivity index (χ4n) is 2.57. The van der Waals surface area contributed by atoms with E-state index >= 15 is 0 Å². The van der Waals surface area contributed by atoms with Gasteiger partial charge in [-0.05, 0) is 49.5 Å². The molecule has 0 radical (unpaired) electrons. The number of aromatic amines is 1. The number of halogens is 1. The third-order valence-electron chi connectivity index (χ3n) is 3.41. The van der Waals surface area contributed by atoms with Gasteiger partial charge in [0, 0.05) is 17.1 Å². The van der Waals surface area contributed by atoms with Gasteiger partial charge in [-0.3, -0.25) is 0 Å². The number of benzene rings is 1. The summed E-state index contributed by atoms with van der Waals surface area (Å²) >= 11 is 0. The van der Waals surface area contributed by atoms with Crippen molar-refractivity contribution in [3.63, 3.8) is 0 Å². The molecule has 3 rings (SSSR count). The number of fused-ring (bicyclic) bond motifs is 1. The van der Waals surface area contributed by atoms with E-state index in [2.05, 4.69) is 10.3 Å². The molecule has 2 heterocycles. The molecule has 1 aromatic heterocycles. The summed E-state index contributed by atoms with van der Waals surface area (Å²) < 4.78 is 13.7. The Morgan fingerprint density at radius 1 is 1.38 bits per heavy atom. The van der Waals surface area contributed by atoms with Gasteiger partial charge in [0.2, 0.25) is 0 Å². The van der Waals surface area contributed by atoms with Crippen LogP contribution in [0.1, 0.15) is 12.0 Å². The van der Waals surface area contributed by atoms with Gasteiger partial charge in [0.15, 0.2) is 0 Å². The van der Waals surface area contributed by atoms with Gasteiger partial charge in [0.25, 0.3) is 0 Å². The topological polar surface area (TPSA) is 27.8 Å². The lowest BCUT2D eigenvalue weighted by Crippen LogP contribution is -2.10. The molecule has 2 N–H and O–H groups in total. The number of H-pyrrole nitrogens is 1. The lowest BCUT2D eigenvalue weighted by Gasteiger charge is -2.06. The Hall–Kier alpha value is -1.35. The Labute approximate surface area is 93.9 Å². The molecule has 1 atom stereocenters. The van der Waals surface area contributed by atoms with Gasteiger partial charge in [0.05, 0.1) is 0 Å². The molecular weight excluding hydrogens is 203 g/mol. The van der Waals surface area contributed by atoms with Crippen LogP contribution >= 0.6 is 0 Å². The van der Waals surface area contributed by atoms with Crippen molar-refractivity contribution in [1.29, 1.82) is 0 Å². The largest absolute Gasteiger partial charge is 0.361 e. The van der Waals surface area contributed by atoms with Crippen molar-refractivity contribution < 1.29 is 4.39 Å². The van der Waals surface area contributed by atoms with Crippen LogP contribution in [0.25, 0.3) is 10.9 Å². The number of hydrogen-bond acceptors (Lipinski definition) is 1. The first kappa shape index (κ1) is 9.85. The molecule has 0 spiro atoms. The smallest absolute Gasteiger partial charge is 0.132 e. The third-order valence-corrected chi connectivity index (χ3v) is 3.41. The maximum Gasteiger partial charge on any atom is 0.132 e. The van der Waals surface area contributed by atoms with Crippen molar-refractivity contribution in [3.05, 3.63) is 35.8 Å². The first-order valence-corrected chi connectivity index (χ1v) is 5.80. The highest BCUT2D eigenvalue weighted by Crippen LogP contribution is 2.25. The van der Waals surface area contributed by atoms with E-state index in [9.17, 15) is 4.39 Å². The van der Waals surface area contributed by atoms with E-state index in [1.165, 1.54) is 12.5 Å². The number of hydrogen-bond donors (Lipinski definition) is 2. The van der Waals surface area contributed by atoms with Gasteiger partial charge in [-0.25, -0.2) is 4.39 Å². The van der Waals surface area contributed by atoms with Crippen LogP contribution < -0.4 is 5.32 Å². The van der Waals surface area contributed by atoms with Gasteiger partial charge in [-0.2, -0.15) is 0 Å². The number of aromatic nitrogens is 1. The van der Waals surface area contributed by atoms with Crippen LogP contribution in [0.4, 0.5) is 4.39 Å². The predicted molar refractivity (Wildman–Crippen MR) is 62.9 cm³/mol. The minimum Gasteiger partial charge on any atom is -0.361 e. The average Bonchev–Trinajstić information content (AvgIpc) is 2.90. The standard InChI is InChI=1S/C13H15FN2/c14-11-2-1-3-12-13(11)10(8-16-12)6-9-4-5-15-7-9/h1-3,8-9,15-16H,4-7H2. The SMILES string of the molecule is Fc1cccc2[nH]cc(CC3CCNC3)c12. The summed E-state index contributed by atoms with van der Waals surface area (Å²) in [7, 11) is 0. The van der Waals surface area contributed by atoms with E-state index in [-0.39, 0.29) is 5.82 Å². The highest BCUT2D eigenvalue weighted by atomic mass is 19.1. The van der Waals surface area contributed by atoms with E-state index in [1.807, 2.05) is 12.3 Å². The van der Waals surface area contributed by atoms with E-state index in [4.69, 9.17) is 0 Å². The van der Waals surface area contributed by atoms with Crippen LogP contribution in [0.5, 0.6) is 0 Å². The molecule has 2 nitrogen and oxygen atoms in total. The van der Waals surface area contributed by atoms with Crippen LogP contribution in [0.15, 0.2) is 24.4 Å². The fraction of sp³-hybridized carbons (Fsp3) is 0.385. The second kappa shape index (κ2) is 3.91. The van der Waals surface area contributed by atoms with Gasteiger partial charge in [-0.1, -0.05) is 6.07 Å². The first-order chi connectivity index (χ1) is 7.84. The van der Waals surface area contributed by atoms with Crippen molar-refractivity contribution in [3.8, 4) is 0 Å². The van der Waals surface area contributed by atoms with Crippen LogP contribution in [0, 0.1) is 11.7 Å². The molecule has 0 amide bonds. The molecular formula is C13H15FN2. The Kier molecular flexibility index (Phi) is 2.40. The minimum atomic E-state index is -0.111. The van der Waals surface area contributed by atoms with E-state index in [1.54, 1.807) is 6.07 Å². The molecule has 0 aliphatic carbocycles. The summed E-state index contributed by atoms with van der Waals surface area (Å²) in [5, 5.41) is 4.12. The van der Waals surface area contributed by atoms with Crippen molar-refractivity contribution in [2.75, 3.05) is 13.1 Å². The van der Waals surface area contributed by atoms with Gasteiger partial charge < -0.3 is 10.3 Å². The number of nitrogens with one attached hydrogen (secondary N) is 2. The lowest BCUT2D eigenvalue weighted by atomic mass is 9.98. The van der Waals surface area contributed by atoms with Crippen LogP contribution in [-0.2, 0) is 6.42 Å². The summed E-state index contributed by atoms with van der Waals surface area (Å²) in [6.45, 7) is 2.15. The van der Waals surface area contributed by atoms with Crippen molar-refractivity contribution >= 4 is 10.9 Å². The van der Waals surface area contributed by atoms with Crippen molar-refractivity contribution in [1.82, 2.24) is 10.3 Å². The average molecular weight is 218 g/mol. The molecule has 1 aliphatic rings. The zero-order valence-corrected chi connectivity index (χ0v) is 9.09. The zero-order valence-electron chi connectivity index (χ0n) is 9.09. The minimum absolute atomic E-state index is 0.111. The van der Waals surface area contributed by atoms with Crippen molar-refractivity contribution in [2.45, 2.75) is 12.8 Å². The monoisotopic (exact) mass is 218 g/mol. The van der Waals surface area contributed by atoms with Crippen LogP contribution in [0.3, 0.4) is 0 Å². The molecule has 0 saturated carbocycles. The quantitative estimate of drug-likeness (QED) is 0.796. The Morgan fingerprint density at radius 2 is 2.31 bits per heavy atom. The molecule has 1 saturated heterocycles. The van der Waals surface area contributed by atoms with Gasteiger partial charge in [-0.15, -0.1) is 0 Å². The normalized spacial score (nSPS) is 20.7. The maximum atomic E-state index is 13.7. The van der Waals surface area contributed by atoms with Gasteiger partial charge in [0.1, 0.15) is 5.82 Å². The molecule has 1 unspecified atom stereocenters. The Morgan fingerprint density at radius 3 is 3.12 bits per heavy atom. The molecule has 2 aromatic rings. The molecule has 16 heavy (non-hydrogen) atoms. The fourth-order valence-corrected chi connectivity index (χ4v) is 2.57. The van der Waals surface area contributed by atoms with E-state index < -0.39 is 0 Å². The van der Waals surface area contributed by atoms with E-state index in [0.29, 0.717) is 5.92 Å². The van der Waals surface area contributed by atoms with Gasteiger partial charge >= 0.3 is 0 Å². The predicted octanol–water partition coefficient (Wildman–Crippen LogP) is 2.46. The molecule has 0 bridgehead atoms. The summed E-state index contributed by atoms with van der Waals surface area (Å²) in [4.78, 5) is 3.14. The summed E-state index contributed by atoms with van der Waals surface area (Å²) in [6, 6.07) is 5.20. The molecule has 1 aromatic carbocycles. The second-order valence-corrected chi connectivity index (χ2v) is 4.54. The Bertz CT molecular complexity index is 498. The highest BCUT2D eigenvalue weighted by molar-refractivity contribution is 5.83. The highest BCUT2D eigenvalue weighted by Gasteiger charge is 2.17. The Balaban J connectivity index is 1.97. The summed E-state index contributed by atoms with van der Waals surface area (Å²) in [6.07, 6.45) is 4.11. The van der Waals surface area contributed by atoms with Crippen molar-refractivity contribution in [2.24, 2.45) is 5.92 Å².